The highest BCUT2D eigenvalue weighted by molar-refractivity contribution is 7.80. The highest BCUT2D eigenvalue weighted by Crippen LogP contribution is 2.26. The summed E-state index contributed by atoms with van der Waals surface area (Å²) >= 11 is 15.4. The van der Waals surface area contributed by atoms with Crippen molar-refractivity contribution in [3.05, 3.63) is 46.1 Å². The van der Waals surface area contributed by atoms with Crippen LogP contribution >= 0.6 is 35.8 Å². The van der Waals surface area contributed by atoms with Crippen molar-refractivity contribution in [2.75, 3.05) is 0 Å². The maximum absolute atomic E-state index is 10.4. The van der Waals surface area contributed by atoms with Gasteiger partial charge in [-0.1, -0.05) is 29.3 Å². The highest BCUT2D eigenvalue weighted by Gasteiger charge is 2.21. The summed E-state index contributed by atoms with van der Waals surface area (Å²) in [5.74, 6) is -0.620. The topological polar surface area (TPSA) is 75.4 Å². The van der Waals surface area contributed by atoms with Crippen LogP contribution < -0.4 is 5.32 Å². The number of oxazole rings is 1. The highest BCUT2D eigenvalue weighted by atomic mass is 35.5. The lowest BCUT2D eigenvalue weighted by Gasteiger charge is -1.95. The van der Waals surface area contributed by atoms with Crippen molar-refractivity contribution < 1.29 is 14.3 Å². The zero-order valence-corrected chi connectivity index (χ0v) is 13.8. The summed E-state index contributed by atoms with van der Waals surface area (Å²) < 4.78 is 4.95. The van der Waals surface area contributed by atoms with Gasteiger partial charge in [-0.05, 0) is 25.0 Å². The molecule has 1 saturated carbocycles. The molecule has 0 spiro atoms. The van der Waals surface area contributed by atoms with Gasteiger partial charge in [-0.2, -0.15) is 0 Å². The fourth-order valence-electron chi connectivity index (χ4n) is 1.50. The summed E-state index contributed by atoms with van der Waals surface area (Å²) in [6.45, 7) is 0.512. The van der Waals surface area contributed by atoms with E-state index in [-0.39, 0.29) is 5.69 Å². The molecule has 1 fully saturated rings. The molecule has 118 valence electrons. The lowest BCUT2D eigenvalue weighted by Crippen LogP contribution is -2.15. The van der Waals surface area contributed by atoms with Crippen molar-refractivity contribution in [3.8, 4) is 0 Å². The Morgan fingerprint density at radius 2 is 2.05 bits per heavy atom. The van der Waals surface area contributed by atoms with E-state index in [4.69, 9.17) is 32.7 Å². The van der Waals surface area contributed by atoms with Crippen molar-refractivity contribution in [1.29, 1.82) is 0 Å². The number of aromatic carboxylic acids is 1. The molecule has 0 unspecified atom stereocenters. The molecule has 8 heteroatoms. The van der Waals surface area contributed by atoms with E-state index in [1.54, 1.807) is 18.2 Å². The Balaban J connectivity index is 0.000000172. The zero-order chi connectivity index (χ0) is 16.1. The minimum atomic E-state index is -1.05. The molecule has 0 bridgehead atoms. The number of thiol groups is 1. The number of carboxylic acid groups (broad SMARTS) is 1. The molecule has 0 radical (unpaired) electrons. The Hall–Kier alpha value is -1.21. The molecule has 22 heavy (non-hydrogen) atoms. The Morgan fingerprint density at radius 3 is 2.50 bits per heavy atom. The second-order valence-electron chi connectivity index (χ2n) is 4.66. The van der Waals surface area contributed by atoms with Crippen LogP contribution in [0.5, 0.6) is 0 Å². The van der Waals surface area contributed by atoms with E-state index < -0.39 is 5.97 Å². The minimum Gasteiger partial charge on any atom is -0.476 e. The summed E-state index contributed by atoms with van der Waals surface area (Å²) in [5.41, 5.74) is -0.0346. The van der Waals surface area contributed by atoms with Crippen LogP contribution in [-0.4, -0.2) is 22.1 Å². The second kappa shape index (κ2) is 7.87. The number of rotatable bonds is 4. The van der Waals surface area contributed by atoms with Gasteiger partial charge in [0.05, 0.1) is 16.6 Å². The van der Waals surface area contributed by atoms with Crippen LogP contribution in [-0.2, 0) is 6.54 Å². The van der Waals surface area contributed by atoms with Crippen molar-refractivity contribution in [3.63, 3.8) is 0 Å². The van der Waals surface area contributed by atoms with Crippen LogP contribution in [0, 0.1) is 0 Å². The lowest BCUT2D eigenvalue weighted by molar-refractivity contribution is 0.0690. The van der Waals surface area contributed by atoms with Gasteiger partial charge in [0, 0.05) is 10.9 Å². The van der Waals surface area contributed by atoms with Gasteiger partial charge in [-0.25, -0.2) is 9.78 Å². The first kappa shape index (κ1) is 17.1. The van der Waals surface area contributed by atoms with Crippen molar-refractivity contribution in [1.82, 2.24) is 10.3 Å². The zero-order valence-electron chi connectivity index (χ0n) is 11.4. The van der Waals surface area contributed by atoms with Gasteiger partial charge < -0.3 is 14.8 Å². The van der Waals surface area contributed by atoms with Crippen LogP contribution in [0.3, 0.4) is 0 Å². The summed E-state index contributed by atoms with van der Waals surface area (Å²) in [6, 6.07) is 5.84. The first-order valence-electron chi connectivity index (χ1n) is 6.51. The summed E-state index contributed by atoms with van der Waals surface area (Å²) in [4.78, 5) is 14.8. The first-order chi connectivity index (χ1) is 10.5. The third kappa shape index (κ3) is 5.21. The Bertz CT molecular complexity index is 639. The summed E-state index contributed by atoms with van der Waals surface area (Å²) in [5, 5.41) is 12.9. The average molecular weight is 361 g/mol. The van der Waals surface area contributed by atoms with E-state index in [2.05, 4.69) is 22.9 Å². The maximum Gasteiger partial charge on any atom is 0.357 e. The van der Waals surface area contributed by atoms with Gasteiger partial charge in [-0.15, -0.1) is 12.6 Å². The number of nitrogens with zero attached hydrogens (tertiary/aromatic N) is 1. The number of hydrogen-bond acceptors (Lipinski definition) is 5. The minimum absolute atomic E-state index is 0.0346. The molecule has 0 atom stereocenters. The van der Waals surface area contributed by atoms with Gasteiger partial charge in [0.15, 0.2) is 5.69 Å². The Labute approximate surface area is 143 Å². The largest absolute Gasteiger partial charge is 0.476 e. The van der Waals surface area contributed by atoms with Crippen LogP contribution in [0.4, 0.5) is 0 Å². The Kier molecular flexibility index (Phi) is 6.14. The summed E-state index contributed by atoms with van der Waals surface area (Å²) in [7, 11) is 0. The van der Waals surface area contributed by atoms with Gasteiger partial charge in [0.2, 0.25) is 5.89 Å². The molecule has 0 amide bonds. The fourth-order valence-corrected chi connectivity index (χ4v) is 2.04. The van der Waals surface area contributed by atoms with E-state index >= 15 is 0 Å². The molecular formula is C14H14Cl2N2O3S. The third-order valence-corrected chi connectivity index (χ3v) is 4.20. The van der Waals surface area contributed by atoms with Gasteiger partial charge in [0.25, 0.3) is 0 Å². The smallest absolute Gasteiger partial charge is 0.357 e. The maximum atomic E-state index is 10.4. The van der Waals surface area contributed by atoms with Crippen LogP contribution in [0.15, 0.2) is 33.8 Å². The van der Waals surface area contributed by atoms with E-state index in [0.717, 1.165) is 6.26 Å². The van der Waals surface area contributed by atoms with Gasteiger partial charge in [0.1, 0.15) is 6.26 Å². The van der Waals surface area contributed by atoms with Crippen LogP contribution in [0.25, 0.3) is 0 Å². The van der Waals surface area contributed by atoms with E-state index in [0.29, 0.717) is 33.4 Å². The van der Waals surface area contributed by atoms with Crippen molar-refractivity contribution in [2.45, 2.75) is 30.3 Å². The first-order valence-corrected chi connectivity index (χ1v) is 7.71. The van der Waals surface area contributed by atoms with Crippen molar-refractivity contribution >= 4 is 41.8 Å². The molecule has 1 aliphatic carbocycles. The predicted octanol–water partition coefficient (Wildman–Crippen LogP) is 3.91. The molecular weight excluding hydrogens is 347 g/mol. The monoisotopic (exact) mass is 360 g/mol. The second-order valence-corrected chi connectivity index (χ2v) is 5.92. The molecule has 0 aliphatic heterocycles. The number of carboxylic acids is 1. The van der Waals surface area contributed by atoms with Crippen molar-refractivity contribution in [2.24, 2.45) is 0 Å². The van der Waals surface area contributed by atoms with E-state index in [9.17, 15) is 4.79 Å². The number of halogens is 2. The number of carbonyl (C=O) groups is 1. The normalized spacial score (nSPS) is 13.4. The van der Waals surface area contributed by atoms with E-state index in [1.165, 1.54) is 12.8 Å². The summed E-state index contributed by atoms with van der Waals surface area (Å²) in [6.07, 6.45) is 3.53. The fraction of sp³-hybridized carbons (Fsp3) is 0.286. The third-order valence-electron chi connectivity index (χ3n) is 2.83. The van der Waals surface area contributed by atoms with Gasteiger partial charge >= 0.3 is 5.97 Å². The standard InChI is InChI=1S/C8H10N2O3.C6H4Cl2S/c11-8(12)6-4-13-7(10-6)3-9-5-1-2-5;7-4-2-1-3-5(8)6(4)9/h4-5,9H,1-3H2,(H,11,12);1-3,9H. The molecule has 1 heterocycles. The number of nitrogens with one attached hydrogen (secondary N) is 1. The van der Waals surface area contributed by atoms with Crippen LogP contribution in [0.2, 0.25) is 10.0 Å². The Morgan fingerprint density at radius 1 is 1.41 bits per heavy atom. The SMILES string of the molecule is O=C(O)c1coc(CNC2CC2)n1.Sc1c(Cl)cccc1Cl. The molecule has 2 N–H and O–H groups in total. The predicted molar refractivity (Wildman–Crippen MR) is 87.0 cm³/mol. The quantitative estimate of drug-likeness (QED) is 0.720. The molecule has 5 nitrogen and oxygen atoms in total. The van der Waals surface area contributed by atoms with E-state index in [1.807, 2.05) is 0 Å². The number of hydrogen-bond donors (Lipinski definition) is 3. The molecule has 1 aliphatic rings. The molecule has 2 aromatic rings. The molecule has 1 aromatic heterocycles. The number of benzene rings is 1. The number of aromatic nitrogens is 1. The average Bonchev–Trinajstić information content (AvgIpc) is 3.19. The molecule has 0 saturated heterocycles. The van der Waals surface area contributed by atoms with Crippen LogP contribution in [0.1, 0.15) is 29.2 Å². The molecule has 1 aromatic carbocycles. The van der Waals surface area contributed by atoms with Gasteiger partial charge in [-0.3, -0.25) is 0 Å². The molecule has 3 rings (SSSR count). The lowest BCUT2D eigenvalue weighted by atomic mass is 10.4.